The van der Waals surface area contributed by atoms with Crippen molar-refractivity contribution in [1.82, 2.24) is 15.0 Å². The molecule has 0 spiro atoms. The Morgan fingerprint density at radius 3 is 2.77 bits per heavy atom. The van der Waals surface area contributed by atoms with Gasteiger partial charge in [-0.1, -0.05) is 41.4 Å². The van der Waals surface area contributed by atoms with E-state index < -0.39 is 0 Å². The van der Waals surface area contributed by atoms with Crippen LogP contribution in [0.4, 0.5) is 0 Å². The molecule has 1 aromatic carbocycles. The van der Waals surface area contributed by atoms with Crippen LogP contribution in [0, 0.1) is 0 Å². The highest BCUT2D eigenvalue weighted by Crippen LogP contribution is 2.38. The first-order valence-corrected chi connectivity index (χ1v) is 9.94. The second kappa shape index (κ2) is 6.60. The molecule has 0 amide bonds. The Morgan fingerprint density at radius 1 is 1.35 bits per heavy atom. The van der Waals surface area contributed by atoms with Crippen LogP contribution in [0.15, 0.2) is 23.0 Å². The third kappa shape index (κ3) is 2.95. The molecule has 1 aliphatic heterocycles. The Balaban J connectivity index is 1.83. The van der Waals surface area contributed by atoms with Gasteiger partial charge in [0, 0.05) is 26.9 Å². The number of ether oxygens (including phenoxy) is 1. The molecule has 0 saturated heterocycles. The van der Waals surface area contributed by atoms with Crippen molar-refractivity contribution in [2.24, 2.45) is 0 Å². The molecule has 5 nitrogen and oxygen atoms in total. The van der Waals surface area contributed by atoms with E-state index in [4.69, 9.17) is 27.9 Å². The molecule has 1 aliphatic rings. The molecule has 136 valence electrons. The molecule has 0 fully saturated rings. The average molecular weight is 410 g/mol. The quantitative estimate of drug-likeness (QED) is 0.640. The van der Waals surface area contributed by atoms with Crippen molar-refractivity contribution < 1.29 is 4.74 Å². The summed E-state index contributed by atoms with van der Waals surface area (Å²) in [6.07, 6.45) is 1.58. The lowest BCUT2D eigenvalue weighted by atomic mass is 9.90. The number of aromatic nitrogens is 3. The van der Waals surface area contributed by atoms with E-state index in [1.807, 2.05) is 0 Å². The molecule has 0 bridgehead atoms. The third-order valence-corrected chi connectivity index (χ3v) is 6.78. The molecule has 0 aliphatic carbocycles. The highest BCUT2D eigenvalue weighted by atomic mass is 35.5. The van der Waals surface area contributed by atoms with Crippen LogP contribution in [0.2, 0.25) is 10.0 Å². The summed E-state index contributed by atoms with van der Waals surface area (Å²) in [4.78, 5) is 14.8. The first-order valence-electron chi connectivity index (χ1n) is 8.37. The normalized spacial score (nSPS) is 19.7. The van der Waals surface area contributed by atoms with Gasteiger partial charge in [-0.2, -0.15) is 0 Å². The van der Waals surface area contributed by atoms with E-state index in [1.54, 1.807) is 18.2 Å². The Labute approximate surface area is 164 Å². The van der Waals surface area contributed by atoms with Gasteiger partial charge in [0.1, 0.15) is 0 Å². The number of fused-ring (bicyclic) bond motifs is 3. The smallest absolute Gasteiger partial charge is 0.279 e. The van der Waals surface area contributed by atoms with Crippen LogP contribution in [0.25, 0.3) is 10.2 Å². The summed E-state index contributed by atoms with van der Waals surface area (Å²) in [5.74, 6) is 0. The topological polar surface area (TPSA) is 57.0 Å². The van der Waals surface area contributed by atoms with Gasteiger partial charge in [0.25, 0.3) is 5.56 Å². The second-order valence-corrected chi connectivity index (χ2v) is 8.60. The van der Waals surface area contributed by atoms with E-state index in [2.05, 4.69) is 24.2 Å². The van der Waals surface area contributed by atoms with Crippen LogP contribution in [0.3, 0.4) is 0 Å². The average Bonchev–Trinajstić information content (AvgIpc) is 2.98. The zero-order valence-corrected chi connectivity index (χ0v) is 16.7. The van der Waals surface area contributed by atoms with Gasteiger partial charge in [-0.15, -0.1) is 16.4 Å². The van der Waals surface area contributed by atoms with Crippen LogP contribution in [0.1, 0.15) is 36.3 Å². The molecule has 1 atom stereocenters. The number of hydrogen-bond donors (Lipinski definition) is 0. The summed E-state index contributed by atoms with van der Waals surface area (Å²) in [6.45, 7) is 4.87. The minimum absolute atomic E-state index is 0.163. The lowest BCUT2D eigenvalue weighted by molar-refractivity contribution is -0.0543. The molecule has 0 unspecified atom stereocenters. The summed E-state index contributed by atoms with van der Waals surface area (Å²) in [5.41, 5.74) is 1.29. The Kier molecular flexibility index (Phi) is 4.55. The van der Waals surface area contributed by atoms with Crippen molar-refractivity contribution in [3.05, 3.63) is 54.6 Å². The van der Waals surface area contributed by atoms with Crippen LogP contribution in [0.5, 0.6) is 0 Å². The van der Waals surface area contributed by atoms with Gasteiger partial charge < -0.3 is 4.74 Å². The van der Waals surface area contributed by atoms with Crippen molar-refractivity contribution in [1.29, 1.82) is 0 Å². The molecule has 3 aromatic rings. The molecule has 8 heteroatoms. The van der Waals surface area contributed by atoms with Gasteiger partial charge in [0.05, 0.1) is 24.1 Å². The third-order valence-electron chi connectivity index (χ3n) is 4.98. The maximum Gasteiger partial charge on any atom is 0.279 e. The molecule has 2 aromatic heterocycles. The van der Waals surface area contributed by atoms with Gasteiger partial charge in [0.2, 0.25) is 0 Å². The predicted molar refractivity (Wildman–Crippen MR) is 104 cm³/mol. The van der Waals surface area contributed by atoms with Gasteiger partial charge >= 0.3 is 0 Å². The van der Waals surface area contributed by atoms with E-state index >= 15 is 0 Å². The summed E-state index contributed by atoms with van der Waals surface area (Å²) < 4.78 is 7.32. The highest BCUT2D eigenvalue weighted by Gasteiger charge is 2.33. The molecule has 3 heterocycles. The molecule has 0 saturated carbocycles. The SMILES string of the molecule is CC[C@]1(C)Cc2c(sc3nnn(Cc4c(Cl)cccc4Cl)c(=O)c23)CO1. The van der Waals surface area contributed by atoms with Gasteiger partial charge in [-0.25, -0.2) is 4.68 Å². The van der Waals surface area contributed by atoms with Crippen molar-refractivity contribution >= 4 is 44.8 Å². The standard InChI is InChI=1S/C18H17Cl2N3O2S/c1-3-18(2)7-10-14(9-25-18)26-16-15(10)17(24)23(22-21-16)8-11-12(19)5-4-6-13(11)20/h4-6H,3,7-9H2,1-2H3/t18-/m1/s1. The minimum Gasteiger partial charge on any atom is -0.369 e. The van der Waals surface area contributed by atoms with E-state index in [9.17, 15) is 4.79 Å². The highest BCUT2D eigenvalue weighted by molar-refractivity contribution is 7.18. The first kappa shape index (κ1) is 17.9. The molecular weight excluding hydrogens is 393 g/mol. The monoisotopic (exact) mass is 409 g/mol. The van der Waals surface area contributed by atoms with Crippen molar-refractivity contribution in [2.45, 2.75) is 45.4 Å². The number of nitrogens with zero attached hydrogens (tertiary/aromatic N) is 3. The van der Waals surface area contributed by atoms with Gasteiger partial charge in [-0.3, -0.25) is 4.79 Å². The van der Waals surface area contributed by atoms with Gasteiger partial charge in [-0.05, 0) is 31.0 Å². The molecule has 0 N–H and O–H groups in total. The summed E-state index contributed by atoms with van der Waals surface area (Å²) in [5, 5.41) is 10.0. The first-order chi connectivity index (χ1) is 12.4. The fourth-order valence-electron chi connectivity index (χ4n) is 3.19. The Hall–Kier alpha value is -1.47. The maximum atomic E-state index is 13.1. The van der Waals surface area contributed by atoms with Crippen LogP contribution in [-0.4, -0.2) is 20.6 Å². The molecule has 26 heavy (non-hydrogen) atoms. The number of rotatable bonds is 3. The van der Waals surface area contributed by atoms with E-state index in [0.29, 0.717) is 38.9 Å². The van der Waals surface area contributed by atoms with Crippen molar-refractivity contribution in [3.63, 3.8) is 0 Å². The van der Waals surface area contributed by atoms with Crippen LogP contribution >= 0.6 is 34.5 Å². The second-order valence-electron chi connectivity index (χ2n) is 6.71. The number of hydrogen-bond acceptors (Lipinski definition) is 5. The van der Waals surface area contributed by atoms with E-state index in [1.165, 1.54) is 16.0 Å². The maximum absolute atomic E-state index is 13.1. The lowest BCUT2D eigenvalue weighted by Crippen LogP contribution is -2.34. The van der Waals surface area contributed by atoms with E-state index in [-0.39, 0.29) is 17.7 Å². The minimum atomic E-state index is -0.256. The fourth-order valence-corrected chi connectivity index (χ4v) is 4.74. The zero-order chi connectivity index (χ0) is 18.5. The van der Waals surface area contributed by atoms with Crippen molar-refractivity contribution in [3.8, 4) is 0 Å². The largest absolute Gasteiger partial charge is 0.369 e. The van der Waals surface area contributed by atoms with Crippen molar-refractivity contribution in [2.75, 3.05) is 0 Å². The number of benzene rings is 1. The lowest BCUT2D eigenvalue weighted by Gasteiger charge is -2.32. The Bertz CT molecular complexity index is 1040. The summed E-state index contributed by atoms with van der Waals surface area (Å²) in [7, 11) is 0. The predicted octanol–water partition coefficient (Wildman–Crippen LogP) is 4.45. The zero-order valence-electron chi connectivity index (χ0n) is 14.4. The number of thiophene rings is 1. The van der Waals surface area contributed by atoms with Crippen LogP contribution < -0.4 is 5.56 Å². The molecule has 0 radical (unpaired) electrons. The summed E-state index contributed by atoms with van der Waals surface area (Å²) >= 11 is 14.0. The summed E-state index contributed by atoms with van der Waals surface area (Å²) in [6, 6.07) is 5.26. The number of halogens is 2. The fraction of sp³-hybridized carbons (Fsp3) is 0.389. The van der Waals surface area contributed by atoms with E-state index in [0.717, 1.165) is 16.9 Å². The van der Waals surface area contributed by atoms with Gasteiger partial charge in [0.15, 0.2) is 4.83 Å². The Morgan fingerprint density at radius 2 is 2.08 bits per heavy atom. The molecular formula is C18H17Cl2N3O2S. The van der Waals surface area contributed by atoms with Crippen LogP contribution in [-0.2, 0) is 24.3 Å². The molecule has 4 rings (SSSR count).